The summed E-state index contributed by atoms with van der Waals surface area (Å²) in [7, 11) is 20.3. The Morgan fingerprint density at radius 2 is 1.25 bits per heavy atom. The molecule has 6 aliphatic rings. The zero-order valence-corrected chi connectivity index (χ0v) is 43.0. The van der Waals surface area contributed by atoms with Crippen molar-refractivity contribution in [2.45, 2.75) is 108 Å². The second-order valence-corrected chi connectivity index (χ2v) is 21.2. The summed E-state index contributed by atoms with van der Waals surface area (Å²) in [6, 6.07) is 39.8. The van der Waals surface area contributed by atoms with Crippen LogP contribution in [0.1, 0.15) is 99.1 Å². The Kier molecular flexibility index (Phi) is 21.1. The van der Waals surface area contributed by atoms with E-state index in [1.807, 2.05) is 0 Å². The Labute approximate surface area is 420 Å². The molecule has 0 amide bonds. The third-order valence-corrected chi connectivity index (χ3v) is 16.2. The number of H-pyrrole nitrogens is 1. The lowest BCUT2D eigenvalue weighted by molar-refractivity contribution is -0.870. The molecule has 69 heavy (non-hydrogen) atoms. The molecule has 6 heterocycles. The third kappa shape index (κ3) is 16.0. The Morgan fingerprint density at radius 1 is 0.623 bits per heavy atom. The molecule has 4 saturated heterocycles. The normalized spacial score (nSPS) is 25.0. The van der Waals surface area contributed by atoms with Crippen molar-refractivity contribution in [3.05, 3.63) is 172 Å². The van der Waals surface area contributed by atoms with E-state index < -0.39 is 0 Å². The van der Waals surface area contributed by atoms with E-state index in [1.165, 1.54) is 181 Å². The molecule has 0 radical (unpaired) electrons. The van der Waals surface area contributed by atoms with Crippen LogP contribution in [0.4, 0.5) is 5.69 Å². The van der Waals surface area contributed by atoms with Crippen molar-refractivity contribution in [1.29, 1.82) is 0 Å². The summed E-state index contributed by atoms with van der Waals surface area (Å²) in [4.78, 5) is 15.7. The summed E-state index contributed by atoms with van der Waals surface area (Å²) in [5, 5.41) is 1.40. The molecule has 5 aromatic rings. The van der Waals surface area contributed by atoms with Crippen LogP contribution in [-0.2, 0) is 31.2 Å². The van der Waals surface area contributed by atoms with Crippen molar-refractivity contribution in [3.63, 3.8) is 0 Å². The van der Waals surface area contributed by atoms with Gasteiger partial charge in [-0.15, -0.1) is 0 Å². The molecule has 1 aliphatic carbocycles. The second kappa shape index (κ2) is 27.5. The first-order valence-electron chi connectivity index (χ1n) is 27.3. The van der Waals surface area contributed by atoms with E-state index in [-0.39, 0.29) is 0 Å². The number of aromatic amines is 1. The predicted molar refractivity (Wildman–Crippen MR) is 289 cm³/mol. The zero-order valence-electron chi connectivity index (χ0n) is 43.0. The molecule has 4 fully saturated rings. The van der Waals surface area contributed by atoms with Crippen molar-refractivity contribution in [2.24, 2.45) is 0 Å². The molecule has 8 nitrogen and oxygen atoms in total. The first kappa shape index (κ1) is 52.8. The zero-order chi connectivity index (χ0) is 48.3. The number of para-hydroxylation sites is 2. The fourth-order valence-electron chi connectivity index (χ4n) is 11.6. The van der Waals surface area contributed by atoms with Crippen LogP contribution in [0.3, 0.4) is 0 Å². The number of piperazine rings is 1. The van der Waals surface area contributed by atoms with Gasteiger partial charge in [0.05, 0.1) is 84.2 Å². The van der Waals surface area contributed by atoms with Crippen molar-refractivity contribution >= 4 is 16.6 Å². The van der Waals surface area contributed by atoms with E-state index in [1.54, 1.807) is 11.1 Å². The maximum Gasteiger partial charge on any atom is 0.0942 e. The maximum atomic E-state index is 4.12. The average molecular weight is 937 g/mol. The standard InChI is InChI=1S/C14H19N.C13H21N.C12H14N2.C11H22N2.C11H16N2/c1-15-10-8-14(9-11-15)7-6-12-4-2-3-5-13(12)14;1-3-14(2)12-8-7-11-13-9-5-4-6-10-13;1-14-7-6-10-9-4-2-3-5-11(9)13-12(10)8-14;1-12-9-5-11(6-10-12)13-7-3-2-4-8-13;1-12-7-9-13(10-8-12)11-5-3-2-4-6-11/h2-5,15H,1,6-11H2;4-6,9-10,14H,2-3,7-8,11-12H2,1H3;2-5,13-14H,1,6-8H2;11-12H,1-10H2;2-6,12H,1,7-10H2. The fraction of sp³-hybridized carbons (Fsp3) is 0.492. The van der Waals surface area contributed by atoms with Crippen LogP contribution in [0.5, 0.6) is 0 Å². The van der Waals surface area contributed by atoms with E-state index in [9.17, 15) is 0 Å². The fourth-order valence-corrected chi connectivity index (χ4v) is 11.6. The SMILES string of the molecule is [CH2-][NH+](CC)CCCCc1ccccc1.[CH2-][NH+]1CCC(N2CCCCC2)CC1.[CH2-][NH+]1CCC2(CCc3ccccc32)CC1.[CH2-][NH+]1CCN(c2ccccc2)CC1.[CH2-][NH+]1CCc2c([nH]c3ccccc23)C1. The van der Waals surface area contributed by atoms with E-state index >= 15 is 0 Å². The number of nitrogens with one attached hydrogen (secondary N) is 6. The predicted octanol–water partition coefficient (Wildman–Crippen LogP) is 4.44. The van der Waals surface area contributed by atoms with Gasteiger partial charge in [0.2, 0.25) is 0 Å². The quantitative estimate of drug-likeness (QED) is 0.103. The van der Waals surface area contributed by atoms with Crippen LogP contribution in [-0.4, -0.2) is 101 Å². The van der Waals surface area contributed by atoms with Gasteiger partial charge in [0, 0.05) is 60.2 Å². The van der Waals surface area contributed by atoms with Crippen molar-refractivity contribution in [1.82, 2.24) is 9.88 Å². The van der Waals surface area contributed by atoms with Crippen LogP contribution in [0, 0.1) is 35.2 Å². The van der Waals surface area contributed by atoms with E-state index in [2.05, 4.69) is 166 Å². The number of hydrogen-bond donors (Lipinski definition) is 6. The van der Waals surface area contributed by atoms with Crippen molar-refractivity contribution in [2.75, 3.05) is 90.0 Å². The minimum atomic E-state index is 0.526. The van der Waals surface area contributed by atoms with Gasteiger partial charge < -0.3 is 34.4 Å². The smallest absolute Gasteiger partial charge is 0.0942 e. The third-order valence-electron chi connectivity index (χ3n) is 16.2. The first-order valence-corrected chi connectivity index (χ1v) is 27.3. The summed E-state index contributed by atoms with van der Waals surface area (Å²) in [6.07, 6.45) is 17.3. The molecule has 2 unspecified atom stereocenters. The lowest BCUT2D eigenvalue weighted by Gasteiger charge is -2.39. The van der Waals surface area contributed by atoms with Gasteiger partial charge >= 0.3 is 0 Å². The highest BCUT2D eigenvalue weighted by molar-refractivity contribution is 5.84. The molecule has 4 aromatic carbocycles. The highest BCUT2D eigenvalue weighted by Crippen LogP contribution is 2.44. The van der Waals surface area contributed by atoms with Crippen LogP contribution >= 0.6 is 0 Å². The molecular weight excluding hydrogens is 845 g/mol. The topological polar surface area (TPSA) is 44.5 Å². The molecule has 2 atom stereocenters. The molecule has 376 valence electrons. The van der Waals surface area contributed by atoms with Crippen LogP contribution in [0.15, 0.2) is 109 Å². The average Bonchev–Trinajstić information content (AvgIpc) is 3.95. The lowest BCUT2D eigenvalue weighted by atomic mass is 9.74. The Bertz CT molecular complexity index is 2160. The number of piperidine rings is 3. The van der Waals surface area contributed by atoms with Gasteiger partial charge in [0.15, 0.2) is 0 Å². The number of aromatic nitrogens is 1. The number of nitrogens with zero attached hydrogens (tertiary/aromatic N) is 2. The molecule has 1 spiro atoms. The Morgan fingerprint density at radius 3 is 1.96 bits per heavy atom. The largest absolute Gasteiger partial charge is 0.468 e. The van der Waals surface area contributed by atoms with Gasteiger partial charge in [0.1, 0.15) is 0 Å². The highest BCUT2D eigenvalue weighted by atomic mass is 15.2. The van der Waals surface area contributed by atoms with Gasteiger partial charge in [-0.3, -0.25) is 4.90 Å². The molecule has 5 aliphatic heterocycles. The number of fused-ring (bicyclic) bond motifs is 5. The summed E-state index contributed by atoms with van der Waals surface area (Å²) < 4.78 is 0. The number of aryl methyl sites for hydroxylation is 2. The number of unbranched alkanes of at least 4 members (excludes halogenated alkanes) is 1. The van der Waals surface area contributed by atoms with Crippen LogP contribution < -0.4 is 29.4 Å². The van der Waals surface area contributed by atoms with Gasteiger partial charge in [-0.05, 0) is 105 Å². The molecule has 6 N–H and O–H groups in total. The van der Waals surface area contributed by atoms with Gasteiger partial charge in [-0.25, -0.2) is 0 Å². The molecule has 0 saturated carbocycles. The van der Waals surface area contributed by atoms with Crippen molar-refractivity contribution in [3.8, 4) is 0 Å². The van der Waals surface area contributed by atoms with Gasteiger partial charge in [0.25, 0.3) is 0 Å². The number of hydrogen-bond acceptors (Lipinski definition) is 2. The van der Waals surface area contributed by atoms with Crippen LogP contribution in [0.25, 0.3) is 10.9 Å². The number of benzene rings is 4. The van der Waals surface area contributed by atoms with E-state index in [0.717, 1.165) is 58.3 Å². The van der Waals surface area contributed by atoms with E-state index in [0.29, 0.717) is 5.41 Å². The van der Waals surface area contributed by atoms with Crippen LogP contribution in [0.2, 0.25) is 0 Å². The number of likely N-dealkylation sites (tertiary alicyclic amines) is 3. The minimum absolute atomic E-state index is 0.526. The number of anilines is 1. The monoisotopic (exact) mass is 937 g/mol. The highest BCUT2D eigenvalue weighted by Gasteiger charge is 2.41. The first-order chi connectivity index (χ1) is 33.7. The molecular formula is C61H92N8. The minimum Gasteiger partial charge on any atom is -0.468 e. The maximum absolute atomic E-state index is 4.12. The number of quaternary nitrogens is 5. The Hall–Kier alpha value is -4.02. The summed E-state index contributed by atoms with van der Waals surface area (Å²) in [5.74, 6) is 0. The summed E-state index contributed by atoms with van der Waals surface area (Å²) in [6.45, 7) is 19.0. The lowest BCUT2D eigenvalue weighted by Crippen LogP contribution is -3.10. The van der Waals surface area contributed by atoms with Gasteiger partial charge in [-0.1, -0.05) is 97.4 Å². The van der Waals surface area contributed by atoms with Gasteiger partial charge in [-0.2, -0.15) is 35.2 Å². The second-order valence-electron chi connectivity index (χ2n) is 21.2. The van der Waals surface area contributed by atoms with Crippen molar-refractivity contribution < 1.29 is 24.5 Å². The summed E-state index contributed by atoms with van der Waals surface area (Å²) in [5.41, 5.74) is 10.7. The molecule has 1 aromatic heterocycles. The number of rotatable bonds is 8. The molecule has 0 bridgehead atoms. The molecule has 8 heteroatoms. The van der Waals surface area contributed by atoms with E-state index in [4.69, 9.17) is 0 Å². The summed E-state index contributed by atoms with van der Waals surface area (Å²) >= 11 is 0. The molecule has 11 rings (SSSR count). The Balaban J connectivity index is 0.000000128.